The highest BCUT2D eigenvalue weighted by Crippen LogP contribution is 2.30. The number of amides is 2. The molecule has 1 aliphatic rings. The van der Waals surface area contributed by atoms with Crippen LogP contribution in [0.25, 0.3) is 0 Å². The molecule has 5 nitrogen and oxygen atoms in total. The number of piperazine rings is 1. The van der Waals surface area contributed by atoms with Crippen molar-refractivity contribution in [3.05, 3.63) is 0 Å². The smallest absolute Gasteiger partial charge is 0.246 e. The zero-order chi connectivity index (χ0) is 14.6. The third-order valence-corrected chi connectivity index (χ3v) is 4.11. The summed E-state index contributed by atoms with van der Waals surface area (Å²) in [5, 5.41) is 2.89. The molecule has 0 aromatic heterocycles. The number of nitrogens with one attached hydrogen (secondary N) is 1. The molecule has 1 fully saturated rings. The van der Waals surface area contributed by atoms with Gasteiger partial charge in [0.2, 0.25) is 11.8 Å². The molecule has 0 aliphatic carbocycles. The van der Waals surface area contributed by atoms with Crippen LogP contribution in [0, 0.1) is 5.92 Å². The van der Waals surface area contributed by atoms with Gasteiger partial charge in [-0.1, -0.05) is 27.7 Å². The number of methoxy groups -OCH3 is 1. The minimum atomic E-state index is -0.721. The Morgan fingerprint density at radius 1 is 1.32 bits per heavy atom. The SMILES string of the molecule is CCC1(CC)C(=O)NC(C(C)C)C(=O)N1CCOC. The first kappa shape index (κ1) is 16.0. The number of hydrogen-bond donors (Lipinski definition) is 1. The molecule has 1 heterocycles. The molecule has 110 valence electrons. The second kappa shape index (κ2) is 6.37. The molecule has 19 heavy (non-hydrogen) atoms. The summed E-state index contributed by atoms with van der Waals surface area (Å²) in [5.41, 5.74) is -0.721. The largest absolute Gasteiger partial charge is 0.383 e. The minimum absolute atomic E-state index is 0.00958. The summed E-state index contributed by atoms with van der Waals surface area (Å²) in [7, 11) is 1.61. The van der Waals surface area contributed by atoms with Crippen LogP contribution in [-0.4, -0.2) is 48.6 Å². The average Bonchev–Trinajstić information content (AvgIpc) is 2.39. The summed E-state index contributed by atoms with van der Waals surface area (Å²) in [6, 6.07) is -0.421. The molecule has 0 spiro atoms. The van der Waals surface area contributed by atoms with Crippen LogP contribution in [0.5, 0.6) is 0 Å². The maximum Gasteiger partial charge on any atom is 0.246 e. The Morgan fingerprint density at radius 2 is 1.89 bits per heavy atom. The van der Waals surface area contributed by atoms with Gasteiger partial charge in [-0.3, -0.25) is 9.59 Å². The monoisotopic (exact) mass is 270 g/mol. The molecule has 0 aromatic carbocycles. The van der Waals surface area contributed by atoms with E-state index in [1.165, 1.54) is 0 Å². The van der Waals surface area contributed by atoms with E-state index in [-0.39, 0.29) is 17.7 Å². The molecule has 1 N–H and O–H groups in total. The second-order valence-electron chi connectivity index (χ2n) is 5.42. The van der Waals surface area contributed by atoms with Gasteiger partial charge >= 0.3 is 0 Å². The highest BCUT2D eigenvalue weighted by molar-refractivity contribution is 5.99. The fourth-order valence-corrected chi connectivity index (χ4v) is 2.75. The third-order valence-electron chi connectivity index (χ3n) is 4.11. The maximum absolute atomic E-state index is 12.6. The zero-order valence-electron chi connectivity index (χ0n) is 12.7. The molecule has 1 saturated heterocycles. The van der Waals surface area contributed by atoms with Gasteiger partial charge in [0.25, 0.3) is 0 Å². The van der Waals surface area contributed by atoms with Crippen LogP contribution in [0.4, 0.5) is 0 Å². The fraction of sp³-hybridized carbons (Fsp3) is 0.857. The van der Waals surface area contributed by atoms with E-state index >= 15 is 0 Å². The number of carbonyl (C=O) groups is 2. The lowest BCUT2D eigenvalue weighted by Crippen LogP contribution is -2.71. The van der Waals surface area contributed by atoms with Gasteiger partial charge in [0.05, 0.1) is 6.61 Å². The summed E-state index contributed by atoms with van der Waals surface area (Å²) in [4.78, 5) is 26.8. The molecular formula is C14H26N2O3. The van der Waals surface area contributed by atoms with Gasteiger partial charge in [-0.15, -0.1) is 0 Å². The van der Waals surface area contributed by atoms with Gasteiger partial charge < -0.3 is 15.0 Å². The zero-order valence-corrected chi connectivity index (χ0v) is 12.7. The normalized spacial score (nSPS) is 22.8. The van der Waals surface area contributed by atoms with Crippen molar-refractivity contribution in [1.29, 1.82) is 0 Å². The maximum atomic E-state index is 12.6. The van der Waals surface area contributed by atoms with Crippen LogP contribution in [0.1, 0.15) is 40.5 Å². The summed E-state index contributed by atoms with van der Waals surface area (Å²) in [5.74, 6) is 0.0652. The number of nitrogens with zero attached hydrogens (tertiary/aromatic N) is 1. The van der Waals surface area contributed by atoms with E-state index < -0.39 is 11.6 Å². The van der Waals surface area contributed by atoms with Crippen molar-refractivity contribution in [3.63, 3.8) is 0 Å². The molecule has 0 aromatic rings. The van der Waals surface area contributed by atoms with Crippen molar-refractivity contribution in [2.75, 3.05) is 20.3 Å². The Bertz CT molecular complexity index is 338. The molecular weight excluding hydrogens is 244 g/mol. The van der Waals surface area contributed by atoms with E-state index in [1.807, 2.05) is 27.7 Å². The van der Waals surface area contributed by atoms with Crippen molar-refractivity contribution < 1.29 is 14.3 Å². The Kier molecular flexibility index (Phi) is 5.35. The van der Waals surface area contributed by atoms with E-state index in [0.29, 0.717) is 26.0 Å². The van der Waals surface area contributed by atoms with Crippen molar-refractivity contribution in [1.82, 2.24) is 10.2 Å². The Hall–Kier alpha value is -1.10. The van der Waals surface area contributed by atoms with Gasteiger partial charge in [0, 0.05) is 13.7 Å². The molecule has 0 saturated carbocycles. The second-order valence-corrected chi connectivity index (χ2v) is 5.42. The van der Waals surface area contributed by atoms with E-state index in [4.69, 9.17) is 4.74 Å². The molecule has 1 rings (SSSR count). The first-order valence-electron chi connectivity index (χ1n) is 7.06. The molecule has 2 amide bonds. The predicted octanol–water partition coefficient (Wildman–Crippen LogP) is 1.17. The lowest BCUT2D eigenvalue weighted by atomic mass is 9.84. The van der Waals surface area contributed by atoms with Gasteiger partial charge in [-0.2, -0.15) is 0 Å². The van der Waals surface area contributed by atoms with Crippen LogP contribution in [0.2, 0.25) is 0 Å². The Balaban J connectivity index is 3.10. The first-order chi connectivity index (χ1) is 8.94. The van der Waals surface area contributed by atoms with Crippen LogP contribution >= 0.6 is 0 Å². The lowest BCUT2D eigenvalue weighted by Gasteiger charge is -2.48. The summed E-state index contributed by atoms with van der Waals surface area (Å²) in [6.07, 6.45) is 1.24. The molecule has 1 aliphatic heterocycles. The summed E-state index contributed by atoms with van der Waals surface area (Å²) in [6.45, 7) is 8.71. The standard InChI is InChI=1S/C14H26N2O3/c1-6-14(7-2)13(18)15-11(10(3)4)12(17)16(14)8-9-19-5/h10-11H,6-9H2,1-5H3,(H,15,18). The minimum Gasteiger partial charge on any atom is -0.383 e. The first-order valence-corrected chi connectivity index (χ1v) is 7.06. The van der Waals surface area contributed by atoms with E-state index in [9.17, 15) is 9.59 Å². The fourth-order valence-electron chi connectivity index (χ4n) is 2.75. The highest BCUT2D eigenvalue weighted by atomic mass is 16.5. The Morgan fingerprint density at radius 3 is 2.32 bits per heavy atom. The summed E-state index contributed by atoms with van der Waals surface area (Å²) < 4.78 is 5.08. The average molecular weight is 270 g/mol. The Labute approximate surface area is 115 Å². The van der Waals surface area contributed by atoms with Crippen LogP contribution in [0.15, 0.2) is 0 Å². The van der Waals surface area contributed by atoms with Crippen LogP contribution in [0.3, 0.4) is 0 Å². The lowest BCUT2D eigenvalue weighted by molar-refractivity contribution is -0.160. The summed E-state index contributed by atoms with van der Waals surface area (Å²) >= 11 is 0. The number of carbonyl (C=O) groups excluding carboxylic acids is 2. The van der Waals surface area contributed by atoms with Crippen LogP contribution < -0.4 is 5.32 Å². The number of ether oxygens (including phenoxy) is 1. The topological polar surface area (TPSA) is 58.6 Å². The van der Waals surface area contributed by atoms with Crippen molar-refractivity contribution in [2.45, 2.75) is 52.1 Å². The van der Waals surface area contributed by atoms with Crippen molar-refractivity contribution >= 4 is 11.8 Å². The molecule has 0 bridgehead atoms. The van der Waals surface area contributed by atoms with E-state index in [0.717, 1.165) is 0 Å². The molecule has 1 atom stereocenters. The van der Waals surface area contributed by atoms with Gasteiger partial charge in [0.1, 0.15) is 11.6 Å². The highest BCUT2D eigenvalue weighted by Gasteiger charge is 2.50. The molecule has 0 radical (unpaired) electrons. The van der Waals surface area contributed by atoms with Crippen molar-refractivity contribution in [2.24, 2.45) is 5.92 Å². The molecule has 5 heteroatoms. The van der Waals surface area contributed by atoms with Crippen LogP contribution in [-0.2, 0) is 14.3 Å². The van der Waals surface area contributed by atoms with E-state index in [1.54, 1.807) is 12.0 Å². The van der Waals surface area contributed by atoms with Gasteiger partial charge in [0.15, 0.2) is 0 Å². The van der Waals surface area contributed by atoms with E-state index in [2.05, 4.69) is 5.32 Å². The van der Waals surface area contributed by atoms with Gasteiger partial charge in [-0.25, -0.2) is 0 Å². The quantitative estimate of drug-likeness (QED) is 0.788. The predicted molar refractivity (Wildman–Crippen MR) is 73.7 cm³/mol. The third kappa shape index (κ3) is 2.76. The molecule has 1 unspecified atom stereocenters. The number of rotatable bonds is 6. The number of hydrogen-bond acceptors (Lipinski definition) is 3. The van der Waals surface area contributed by atoms with Gasteiger partial charge in [-0.05, 0) is 18.8 Å². The van der Waals surface area contributed by atoms with Crippen molar-refractivity contribution in [3.8, 4) is 0 Å².